The number of hydrogen-bond acceptors (Lipinski definition) is 7. The number of likely N-dealkylation sites (N-methyl/N-ethyl adjacent to an activating group) is 1. The maximum atomic E-state index is 13.4. The molecule has 7 rings (SSSR count). The molecule has 1 saturated heterocycles. The van der Waals surface area contributed by atoms with Gasteiger partial charge >= 0.3 is 5.69 Å². The number of rotatable bonds is 5. The van der Waals surface area contributed by atoms with Gasteiger partial charge in [-0.2, -0.15) is 0 Å². The van der Waals surface area contributed by atoms with Gasteiger partial charge in [0.05, 0.1) is 22.1 Å². The van der Waals surface area contributed by atoms with Crippen molar-refractivity contribution in [2.45, 2.75) is 55.3 Å². The third-order valence-corrected chi connectivity index (χ3v) is 9.57. The summed E-state index contributed by atoms with van der Waals surface area (Å²) in [6.45, 7) is 1.13. The van der Waals surface area contributed by atoms with Gasteiger partial charge < -0.3 is 25.0 Å². The van der Waals surface area contributed by atoms with E-state index >= 15 is 0 Å². The van der Waals surface area contributed by atoms with Crippen molar-refractivity contribution >= 4 is 11.7 Å². The van der Waals surface area contributed by atoms with Gasteiger partial charge in [0.1, 0.15) is 5.75 Å². The Morgan fingerprint density at radius 1 is 1.15 bits per heavy atom. The lowest BCUT2D eigenvalue weighted by Gasteiger charge is -2.62. The number of Topliss-reactive ketones (excluding diaryl/α,β-unsaturated/α-hetero) is 1. The minimum atomic E-state index is -1.07. The molecule has 3 heterocycles. The van der Waals surface area contributed by atoms with E-state index in [1.165, 1.54) is 6.20 Å². The summed E-state index contributed by atoms with van der Waals surface area (Å²) in [6, 6.07) is 11.0. The van der Waals surface area contributed by atoms with E-state index in [4.69, 9.17) is 4.74 Å². The maximum Gasteiger partial charge on any atom is 0.325 e. The summed E-state index contributed by atoms with van der Waals surface area (Å²) in [5.41, 5.74) is 1.41. The summed E-state index contributed by atoms with van der Waals surface area (Å²) in [5, 5.41) is 15.1. The molecule has 10 heteroatoms. The molecule has 1 aromatic heterocycles. The topological polar surface area (TPSA) is 145 Å². The van der Waals surface area contributed by atoms with Gasteiger partial charge in [-0.15, -0.1) is 0 Å². The van der Waals surface area contributed by atoms with Crippen LogP contribution in [0.3, 0.4) is 0 Å². The molecule has 2 fully saturated rings. The van der Waals surface area contributed by atoms with Crippen LogP contribution in [0.2, 0.25) is 0 Å². The number of carbonyl (C=O) groups excluding carboxylic acids is 2. The van der Waals surface area contributed by atoms with Gasteiger partial charge in [-0.05, 0) is 62.0 Å². The van der Waals surface area contributed by atoms with E-state index in [-0.39, 0.29) is 24.2 Å². The minimum Gasteiger partial charge on any atom is -0.480 e. The molecule has 3 aromatic rings. The Morgan fingerprint density at radius 2 is 1.95 bits per heavy atom. The summed E-state index contributed by atoms with van der Waals surface area (Å²) in [6.07, 6.45) is 3.13. The van der Waals surface area contributed by atoms with Crippen LogP contribution < -0.4 is 21.3 Å². The first-order valence-corrected chi connectivity index (χ1v) is 13.7. The first-order chi connectivity index (χ1) is 19.2. The Balaban J connectivity index is 1.12. The van der Waals surface area contributed by atoms with Gasteiger partial charge in [0.25, 0.3) is 11.5 Å². The van der Waals surface area contributed by atoms with E-state index < -0.39 is 28.4 Å². The highest BCUT2D eigenvalue weighted by Crippen LogP contribution is 2.63. The molecule has 10 nitrogen and oxygen atoms in total. The summed E-state index contributed by atoms with van der Waals surface area (Å²) in [5.74, 6) is 0.165. The molecule has 0 radical (unpaired) electrons. The number of H-pyrrole nitrogens is 2. The van der Waals surface area contributed by atoms with Crippen LogP contribution in [0, 0.1) is 0 Å². The second-order valence-corrected chi connectivity index (χ2v) is 11.5. The predicted octanol–water partition coefficient (Wildman–Crippen LogP) is 1.06. The predicted molar refractivity (Wildman–Crippen MR) is 146 cm³/mol. The standard InChI is InChI=1S/C30H30N4O6/c1-34-13-11-29-23-18-6-7-19(24(23)40-25(29)21(35)8-10-30(29,39)22(34)14-18)26(36)31-12-9-16-2-4-17(5-3-16)20-15-32-28(38)33-27(20)37/h2-7,15,22,25,39H,8-14H2,1H3,(H,31,36)(H2,32,33,37,38)/t22-,25+,29+,30-/m1/s1. The van der Waals surface area contributed by atoms with Crippen LogP contribution in [0.1, 0.15) is 46.3 Å². The number of aromatic amines is 2. The van der Waals surface area contributed by atoms with Crippen molar-refractivity contribution in [1.29, 1.82) is 0 Å². The van der Waals surface area contributed by atoms with Crippen LogP contribution in [-0.4, -0.2) is 69.5 Å². The molecule has 2 aliphatic heterocycles. The minimum absolute atomic E-state index is 0.00400. The molecule has 4 aliphatic rings. The number of amides is 1. The molecule has 2 aromatic carbocycles. The molecule has 2 aliphatic carbocycles. The molecule has 2 bridgehead atoms. The number of nitrogens with zero attached hydrogens (tertiary/aromatic N) is 1. The molecular formula is C30H30N4O6. The van der Waals surface area contributed by atoms with E-state index in [9.17, 15) is 24.3 Å². The Morgan fingerprint density at radius 3 is 2.73 bits per heavy atom. The smallest absolute Gasteiger partial charge is 0.325 e. The van der Waals surface area contributed by atoms with Gasteiger partial charge in [-0.1, -0.05) is 30.3 Å². The van der Waals surface area contributed by atoms with E-state index in [1.807, 2.05) is 25.2 Å². The second-order valence-electron chi connectivity index (χ2n) is 11.5. The van der Waals surface area contributed by atoms with Crippen LogP contribution in [0.25, 0.3) is 11.1 Å². The fourth-order valence-electron chi connectivity index (χ4n) is 7.62. The van der Waals surface area contributed by atoms with Crippen molar-refractivity contribution in [3.63, 3.8) is 0 Å². The van der Waals surface area contributed by atoms with Crippen molar-refractivity contribution in [3.05, 3.63) is 85.7 Å². The van der Waals surface area contributed by atoms with Crippen molar-refractivity contribution in [1.82, 2.24) is 20.2 Å². The molecule has 1 amide bonds. The number of ether oxygens (including phenoxy) is 1. The van der Waals surface area contributed by atoms with Crippen molar-refractivity contribution in [3.8, 4) is 16.9 Å². The van der Waals surface area contributed by atoms with Crippen LogP contribution in [0.15, 0.2) is 52.2 Å². The van der Waals surface area contributed by atoms with E-state index in [0.717, 1.165) is 23.2 Å². The van der Waals surface area contributed by atoms with Crippen LogP contribution >= 0.6 is 0 Å². The van der Waals surface area contributed by atoms with E-state index in [2.05, 4.69) is 20.2 Å². The number of aromatic nitrogens is 2. The number of piperidine rings is 1. The average Bonchev–Trinajstić information content (AvgIpc) is 3.29. The molecular weight excluding hydrogens is 512 g/mol. The first kappa shape index (κ1) is 25.0. The quantitative estimate of drug-likeness (QED) is 0.377. The van der Waals surface area contributed by atoms with Crippen molar-refractivity contribution < 1.29 is 19.4 Å². The fourth-order valence-corrected chi connectivity index (χ4v) is 7.62. The lowest BCUT2D eigenvalue weighted by atomic mass is 9.49. The largest absolute Gasteiger partial charge is 0.480 e. The Labute approximate surface area is 229 Å². The average molecular weight is 543 g/mol. The van der Waals surface area contributed by atoms with Crippen molar-refractivity contribution in [2.24, 2.45) is 0 Å². The van der Waals surface area contributed by atoms with Gasteiger partial charge in [-0.25, -0.2) is 4.79 Å². The molecule has 4 atom stereocenters. The van der Waals surface area contributed by atoms with Crippen LogP contribution in [0.4, 0.5) is 0 Å². The highest BCUT2D eigenvalue weighted by Gasteiger charge is 2.72. The zero-order valence-corrected chi connectivity index (χ0v) is 22.1. The zero-order chi connectivity index (χ0) is 27.8. The lowest BCUT2D eigenvalue weighted by Crippen LogP contribution is -2.76. The molecule has 1 spiro atoms. The summed E-state index contributed by atoms with van der Waals surface area (Å²) in [7, 11) is 2.03. The first-order valence-electron chi connectivity index (χ1n) is 13.7. The molecule has 1 saturated carbocycles. The molecule has 40 heavy (non-hydrogen) atoms. The van der Waals surface area contributed by atoms with Crippen LogP contribution in [-0.2, 0) is 23.1 Å². The Hall–Kier alpha value is -4.02. The highest BCUT2D eigenvalue weighted by molar-refractivity contribution is 5.99. The Kier molecular flexibility index (Phi) is 5.46. The van der Waals surface area contributed by atoms with Crippen molar-refractivity contribution in [2.75, 3.05) is 20.1 Å². The lowest BCUT2D eigenvalue weighted by molar-refractivity contribution is -0.185. The number of benzene rings is 2. The molecule has 206 valence electrons. The van der Waals surface area contributed by atoms with Gasteiger partial charge in [-0.3, -0.25) is 19.4 Å². The van der Waals surface area contributed by atoms with Crippen LogP contribution in [0.5, 0.6) is 5.75 Å². The molecule has 0 unspecified atom stereocenters. The number of aliphatic hydroxyl groups is 1. The fraction of sp³-hybridized carbons (Fsp3) is 0.400. The monoisotopic (exact) mass is 542 g/mol. The second kappa shape index (κ2) is 8.74. The number of nitrogens with one attached hydrogen (secondary N) is 3. The summed E-state index contributed by atoms with van der Waals surface area (Å²) < 4.78 is 6.34. The molecule has 4 N–H and O–H groups in total. The SMILES string of the molecule is CN1CC[C@]23c4c5ccc(C(=O)NCCc6ccc(-c7c[nH]c(=O)[nH]c7=O)cc6)c4O[C@H]2C(=O)CC[C@@]3(O)[C@H]1C5. The third-order valence-electron chi connectivity index (χ3n) is 9.57. The Bertz CT molecular complexity index is 1680. The number of hydrogen-bond donors (Lipinski definition) is 4. The number of ketones is 1. The number of carbonyl (C=O) groups is 2. The third kappa shape index (κ3) is 3.35. The number of likely N-dealkylation sites (tertiary alicyclic amines) is 1. The maximum absolute atomic E-state index is 13.4. The summed E-state index contributed by atoms with van der Waals surface area (Å²) >= 11 is 0. The normalized spacial score (nSPS) is 28.1. The van der Waals surface area contributed by atoms with E-state index in [0.29, 0.717) is 54.7 Å². The zero-order valence-electron chi connectivity index (χ0n) is 22.1. The summed E-state index contributed by atoms with van der Waals surface area (Å²) in [4.78, 5) is 56.7. The highest BCUT2D eigenvalue weighted by atomic mass is 16.5. The van der Waals surface area contributed by atoms with E-state index in [1.54, 1.807) is 18.2 Å². The van der Waals surface area contributed by atoms with Gasteiger partial charge in [0.15, 0.2) is 11.9 Å². The van der Waals surface area contributed by atoms with Gasteiger partial charge in [0.2, 0.25) is 0 Å². The van der Waals surface area contributed by atoms with Gasteiger partial charge in [0, 0.05) is 30.8 Å².